The average molecular weight is 325 g/mol. The molecule has 0 bridgehead atoms. The third-order valence-corrected chi connectivity index (χ3v) is 4.77. The summed E-state index contributed by atoms with van der Waals surface area (Å²) in [5.41, 5.74) is 9.99. The summed E-state index contributed by atoms with van der Waals surface area (Å²) >= 11 is 0. The standard InChI is InChI=1S/C18H28N2O.ClH/c1-13-5-6-15(14(2)11-13)7-8-17(21)20-10-9-16(19)18(3,4)12-20;/h5-6,11,16H,7-10,12,19H2,1-4H3;1H. The molecule has 1 aliphatic heterocycles. The number of halogens is 1. The largest absolute Gasteiger partial charge is 0.342 e. The van der Waals surface area contributed by atoms with Gasteiger partial charge < -0.3 is 10.6 Å². The predicted molar refractivity (Wildman–Crippen MR) is 94.4 cm³/mol. The van der Waals surface area contributed by atoms with Gasteiger partial charge in [-0.3, -0.25) is 4.79 Å². The highest BCUT2D eigenvalue weighted by molar-refractivity contribution is 5.85. The van der Waals surface area contributed by atoms with Crippen LogP contribution in [0, 0.1) is 19.3 Å². The maximum atomic E-state index is 12.4. The molecule has 22 heavy (non-hydrogen) atoms. The van der Waals surface area contributed by atoms with Gasteiger partial charge in [0.25, 0.3) is 0 Å². The highest BCUT2D eigenvalue weighted by Gasteiger charge is 2.34. The minimum absolute atomic E-state index is 0. The summed E-state index contributed by atoms with van der Waals surface area (Å²) in [4.78, 5) is 14.4. The fourth-order valence-electron chi connectivity index (χ4n) is 3.11. The number of likely N-dealkylation sites (tertiary alicyclic amines) is 1. The zero-order valence-electron chi connectivity index (χ0n) is 14.2. The molecule has 1 saturated heterocycles. The molecular formula is C18H29ClN2O. The normalized spacial score (nSPS) is 20.4. The molecule has 2 N–H and O–H groups in total. The van der Waals surface area contributed by atoms with Gasteiger partial charge in [-0.2, -0.15) is 0 Å². The Morgan fingerprint density at radius 1 is 1.36 bits per heavy atom. The van der Waals surface area contributed by atoms with Crippen LogP contribution in [-0.4, -0.2) is 29.9 Å². The average Bonchev–Trinajstić information content (AvgIpc) is 2.40. The molecule has 1 aliphatic rings. The zero-order valence-corrected chi connectivity index (χ0v) is 15.0. The molecule has 1 unspecified atom stereocenters. The van der Waals surface area contributed by atoms with Gasteiger partial charge in [0, 0.05) is 25.6 Å². The molecule has 1 heterocycles. The molecule has 0 radical (unpaired) electrons. The number of carbonyl (C=O) groups is 1. The quantitative estimate of drug-likeness (QED) is 0.927. The molecular weight excluding hydrogens is 296 g/mol. The van der Waals surface area contributed by atoms with Crippen LogP contribution >= 0.6 is 12.4 Å². The second-order valence-electron chi connectivity index (χ2n) is 7.13. The van der Waals surface area contributed by atoms with Crippen LogP contribution in [0.3, 0.4) is 0 Å². The molecule has 1 fully saturated rings. The van der Waals surface area contributed by atoms with Gasteiger partial charge in [0.15, 0.2) is 0 Å². The van der Waals surface area contributed by atoms with E-state index in [0.29, 0.717) is 6.42 Å². The van der Waals surface area contributed by atoms with E-state index >= 15 is 0 Å². The number of hydrogen-bond donors (Lipinski definition) is 1. The summed E-state index contributed by atoms with van der Waals surface area (Å²) in [7, 11) is 0. The Kier molecular flexibility index (Phi) is 6.45. The van der Waals surface area contributed by atoms with Crippen molar-refractivity contribution in [3.8, 4) is 0 Å². The van der Waals surface area contributed by atoms with Crippen molar-refractivity contribution in [2.75, 3.05) is 13.1 Å². The first-order valence-corrected chi connectivity index (χ1v) is 7.89. The van der Waals surface area contributed by atoms with Gasteiger partial charge in [-0.15, -0.1) is 12.4 Å². The first-order chi connectivity index (χ1) is 9.79. The van der Waals surface area contributed by atoms with Crippen LogP contribution in [0.2, 0.25) is 0 Å². The highest BCUT2D eigenvalue weighted by Crippen LogP contribution is 2.28. The summed E-state index contributed by atoms with van der Waals surface area (Å²) in [6.45, 7) is 10.1. The number of rotatable bonds is 3. The third-order valence-electron chi connectivity index (χ3n) is 4.77. The van der Waals surface area contributed by atoms with Gasteiger partial charge in [0.1, 0.15) is 0 Å². The van der Waals surface area contributed by atoms with Gasteiger partial charge in [0.05, 0.1) is 0 Å². The fraction of sp³-hybridized carbons (Fsp3) is 0.611. The maximum absolute atomic E-state index is 12.4. The lowest BCUT2D eigenvalue weighted by atomic mass is 9.79. The lowest BCUT2D eigenvalue weighted by Gasteiger charge is -2.42. The number of amides is 1. The lowest BCUT2D eigenvalue weighted by molar-refractivity contribution is -0.134. The smallest absolute Gasteiger partial charge is 0.222 e. The summed E-state index contributed by atoms with van der Waals surface area (Å²) in [6.07, 6.45) is 2.32. The molecule has 0 aliphatic carbocycles. The molecule has 1 amide bonds. The van der Waals surface area contributed by atoms with E-state index in [1.165, 1.54) is 16.7 Å². The second kappa shape index (κ2) is 7.47. The van der Waals surface area contributed by atoms with Crippen LogP contribution in [0.1, 0.15) is 43.4 Å². The van der Waals surface area contributed by atoms with Crippen molar-refractivity contribution < 1.29 is 4.79 Å². The molecule has 2 rings (SSSR count). The van der Waals surface area contributed by atoms with Crippen molar-refractivity contribution >= 4 is 18.3 Å². The Morgan fingerprint density at radius 2 is 2.05 bits per heavy atom. The van der Waals surface area contributed by atoms with Crippen molar-refractivity contribution in [1.82, 2.24) is 4.90 Å². The summed E-state index contributed by atoms with van der Waals surface area (Å²) < 4.78 is 0. The van der Waals surface area contributed by atoms with Crippen LogP contribution < -0.4 is 5.73 Å². The molecule has 4 heteroatoms. The Balaban J connectivity index is 0.00000242. The maximum Gasteiger partial charge on any atom is 0.222 e. The predicted octanol–water partition coefficient (Wildman–Crippen LogP) is 3.24. The number of aryl methyl sites for hydroxylation is 3. The lowest BCUT2D eigenvalue weighted by Crippen LogP contribution is -2.54. The Hall–Kier alpha value is -1.06. The van der Waals surface area contributed by atoms with E-state index in [9.17, 15) is 4.79 Å². The zero-order chi connectivity index (χ0) is 15.6. The van der Waals surface area contributed by atoms with Gasteiger partial charge in [-0.1, -0.05) is 37.6 Å². The molecule has 3 nitrogen and oxygen atoms in total. The van der Waals surface area contributed by atoms with Crippen molar-refractivity contribution in [2.45, 2.75) is 53.0 Å². The number of carbonyl (C=O) groups excluding carboxylic acids is 1. The molecule has 0 spiro atoms. The first-order valence-electron chi connectivity index (χ1n) is 7.89. The van der Waals surface area contributed by atoms with Gasteiger partial charge in [-0.05, 0) is 43.2 Å². The van der Waals surface area contributed by atoms with Crippen molar-refractivity contribution in [3.05, 3.63) is 34.9 Å². The second-order valence-corrected chi connectivity index (χ2v) is 7.13. The highest BCUT2D eigenvalue weighted by atomic mass is 35.5. The third kappa shape index (κ3) is 4.47. The number of nitrogens with zero attached hydrogens (tertiary/aromatic N) is 1. The number of piperidine rings is 1. The molecule has 1 atom stereocenters. The van der Waals surface area contributed by atoms with Crippen molar-refractivity contribution in [3.63, 3.8) is 0 Å². The van der Waals surface area contributed by atoms with E-state index < -0.39 is 0 Å². The van der Waals surface area contributed by atoms with Crippen LogP contribution in [0.15, 0.2) is 18.2 Å². The van der Waals surface area contributed by atoms with E-state index in [4.69, 9.17) is 5.73 Å². The molecule has 1 aromatic rings. The SMILES string of the molecule is Cc1ccc(CCC(=O)N2CCC(N)C(C)(C)C2)c(C)c1.Cl. The molecule has 0 saturated carbocycles. The van der Waals surface area contributed by atoms with E-state index in [2.05, 4.69) is 45.9 Å². The Labute approximate surface area is 140 Å². The number of nitrogens with two attached hydrogens (primary N) is 1. The van der Waals surface area contributed by atoms with Crippen LogP contribution in [0.4, 0.5) is 0 Å². The van der Waals surface area contributed by atoms with Gasteiger partial charge >= 0.3 is 0 Å². The monoisotopic (exact) mass is 324 g/mol. The van der Waals surface area contributed by atoms with Crippen molar-refractivity contribution in [1.29, 1.82) is 0 Å². The topological polar surface area (TPSA) is 46.3 Å². The summed E-state index contributed by atoms with van der Waals surface area (Å²) in [6, 6.07) is 6.65. The fourth-order valence-corrected chi connectivity index (χ4v) is 3.11. The van der Waals surface area contributed by atoms with Crippen LogP contribution in [-0.2, 0) is 11.2 Å². The first kappa shape index (κ1) is 19.0. The molecule has 1 aromatic carbocycles. The summed E-state index contributed by atoms with van der Waals surface area (Å²) in [5, 5.41) is 0. The van der Waals surface area contributed by atoms with Crippen LogP contribution in [0.5, 0.6) is 0 Å². The molecule has 0 aromatic heterocycles. The Bertz CT molecular complexity index is 528. The van der Waals surface area contributed by atoms with E-state index in [1.807, 2.05) is 4.90 Å². The number of hydrogen-bond acceptors (Lipinski definition) is 2. The van der Waals surface area contributed by atoms with Crippen LogP contribution in [0.25, 0.3) is 0 Å². The molecule has 124 valence electrons. The van der Waals surface area contributed by atoms with E-state index in [1.54, 1.807) is 0 Å². The van der Waals surface area contributed by atoms with Gasteiger partial charge in [-0.25, -0.2) is 0 Å². The van der Waals surface area contributed by atoms with Crippen molar-refractivity contribution in [2.24, 2.45) is 11.1 Å². The minimum Gasteiger partial charge on any atom is -0.342 e. The van der Waals surface area contributed by atoms with Gasteiger partial charge in [0.2, 0.25) is 5.91 Å². The number of benzene rings is 1. The summed E-state index contributed by atoms with van der Waals surface area (Å²) in [5.74, 6) is 0.259. The minimum atomic E-state index is 0. The Morgan fingerprint density at radius 3 is 2.64 bits per heavy atom. The van der Waals surface area contributed by atoms with E-state index in [0.717, 1.165) is 25.9 Å². The van der Waals surface area contributed by atoms with E-state index in [-0.39, 0.29) is 29.8 Å².